The van der Waals surface area contributed by atoms with E-state index in [1.807, 2.05) is 18.2 Å². The van der Waals surface area contributed by atoms with Crippen molar-refractivity contribution in [2.45, 2.75) is 43.4 Å². The van der Waals surface area contributed by atoms with E-state index in [0.29, 0.717) is 23.5 Å². The molecule has 1 heterocycles. The highest BCUT2D eigenvalue weighted by Gasteiger charge is 2.29. The first-order valence-electron chi connectivity index (χ1n) is 9.89. The van der Waals surface area contributed by atoms with Crippen molar-refractivity contribution in [3.05, 3.63) is 65.7 Å². The van der Waals surface area contributed by atoms with Crippen LogP contribution in [0.1, 0.15) is 24.5 Å². The van der Waals surface area contributed by atoms with Crippen LogP contribution in [0.15, 0.2) is 64.5 Å². The molecule has 2 aromatic carbocycles. The molecule has 0 aromatic heterocycles. The molecule has 1 aliphatic heterocycles. The minimum Gasteiger partial charge on any atom is -0.352 e. The molecule has 0 spiro atoms. The monoisotopic (exact) mass is 542 g/mol. The molecular formula is C22H31IN4O2S. The average molecular weight is 542 g/mol. The van der Waals surface area contributed by atoms with Crippen LogP contribution in [0.5, 0.6) is 0 Å². The van der Waals surface area contributed by atoms with Crippen LogP contribution in [0.25, 0.3) is 0 Å². The van der Waals surface area contributed by atoms with Crippen molar-refractivity contribution in [1.82, 2.24) is 15.5 Å². The summed E-state index contributed by atoms with van der Waals surface area (Å²) in [6.07, 6.45) is 2.28. The van der Waals surface area contributed by atoms with Gasteiger partial charge in [0.05, 0.1) is 4.90 Å². The van der Waals surface area contributed by atoms with E-state index < -0.39 is 9.84 Å². The highest BCUT2D eigenvalue weighted by atomic mass is 127. The van der Waals surface area contributed by atoms with Gasteiger partial charge in [0.1, 0.15) is 0 Å². The summed E-state index contributed by atoms with van der Waals surface area (Å²) in [4.78, 5) is 7.16. The fourth-order valence-electron chi connectivity index (χ4n) is 3.67. The minimum atomic E-state index is -3.17. The Labute approximate surface area is 197 Å². The Balaban J connectivity index is 0.00000320. The number of hydrogen-bond acceptors (Lipinski definition) is 4. The first-order valence-corrected chi connectivity index (χ1v) is 11.8. The van der Waals surface area contributed by atoms with Gasteiger partial charge in [-0.2, -0.15) is 0 Å². The maximum Gasteiger partial charge on any atom is 0.191 e. The zero-order chi connectivity index (χ0) is 20.9. The quantitative estimate of drug-likeness (QED) is 0.334. The fourth-order valence-corrected chi connectivity index (χ4v) is 4.30. The second-order valence-corrected chi connectivity index (χ2v) is 9.70. The van der Waals surface area contributed by atoms with Crippen LogP contribution in [-0.4, -0.2) is 51.2 Å². The lowest BCUT2D eigenvalue weighted by atomic mass is 10.2. The second kappa shape index (κ2) is 11.1. The zero-order valence-electron chi connectivity index (χ0n) is 17.7. The SMILES string of the molecule is CN=C(NCc1ccc(S(C)(=O)=O)cc1)NC1CC(C)N(Cc2ccccc2)C1.I. The third kappa shape index (κ3) is 6.95. The number of sulfone groups is 1. The molecule has 2 atom stereocenters. The molecule has 0 aliphatic carbocycles. The summed E-state index contributed by atoms with van der Waals surface area (Å²) < 4.78 is 23.1. The van der Waals surface area contributed by atoms with E-state index in [9.17, 15) is 8.42 Å². The van der Waals surface area contributed by atoms with E-state index in [0.717, 1.165) is 31.0 Å². The van der Waals surface area contributed by atoms with Crippen LogP contribution < -0.4 is 10.6 Å². The molecule has 0 saturated carbocycles. The lowest BCUT2D eigenvalue weighted by Crippen LogP contribution is -2.44. The number of rotatable bonds is 6. The summed E-state index contributed by atoms with van der Waals surface area (Å²) in [5, 5.41) is 6.84. The van der Waals surface area contributed by atoms with Gasteiger partial charge in [0.15, 0.2) is 15.8 Å². The third-order valence-electron chi connectivity index (χ3n) is 5.31. The lowest BCUT2D eigenvalue weighted by molar-refractivity contribution is 0.258. The third-order valence-corrected chi connectivity index (χ3v) is 6.44. The van der Waals surface area contributed by atoms with Gasteiger partial charge in [0.25, 0.3) is 0 Å². The number of benzene rings is 2. The summed E-state index contributed by atoms with van der Waals surface area (Å²) in [5.41, 5.74) is 2.34. The van der Waals surface area contributed by atoms with Gasteiger partial charge in [-0.05, 0) is 36.6 Å². The summed E-state index contributed by atoms with van der Waals surface area (Å²) in [6.45, 7) is 4.78. The van der Waals surface area contributed by atoms with Gasteiger partial charge >= 0.3 is 0 Å². The van der Waals surface area contributed by atoms with Crippen LogP contribution in [-0.2, 0) is 22.9 Å². The number of likely N-dealkylation sites (tertiary alicyclic amines) is 1. The first-order chi connectivity index (χ1) is 13.8. The molecular weight excluding hydrogens is 511 g/mol. The second-order valence-electron chi connectivity index (χ2n) is 7.68. The molecule has 1 fully saturated rings. The topological polar surface area (TPSA) is 73.8 Å². The number of guanidine groups is 1. The summed E-state index contributed by atoms with van der Waals surface area (Å²) in [7, 11) is -1.40. The number of halogens is 1. The van der Waals surface area contributed by atoms with Crippen LogP contribution >= 0.6 is 24.0 Å². The van der Waals surface area contributed by atoms with Crippen LogP contribution in [0.3, 0.4) is 0 Å². The number of nitrogens with one attached hydrogen (secondary N) is 2. The van der Waals surface area contributed by atoms with Crippen molar-refractivity contribution in [2.24, 2.45) is 4.99 Å². The van der Waals surface area contributed by atoms with Gasteiger partial charge in [-0.3, -0.25) is 9.89 Å². The van der Waals surface area contributed by atoms with E-state index >= 15 is 0 Å². The van der Waals surface area contributed by atoms with Crippen molar-refractivity contribution in [3.8, 4) is 0 Å². The zero-order valence-corrected chi connectivity index (χ0v) is 20.9. The van der Waals surface area contributed by atoms with E-state index in [-0.39, 0.29) is 24.0 Å². The highest BCUT2D eigenvalue weighted by molar-refractivity contribution is 14.0. The maximum atomic E-state index is 11.6. The van der Waals surface area contributed by atoms with E-state index in [1.165, 1.54) is 11.8 Å². The molecule has 0 radical (unpaired) electrons. The van der Waals surface area contributed by atoms with Crippen molar-refractivity contribution >= 4 is 39.8 Å². The fraction of sp³-hybridized carbons (Fsp3) is 0.409. The Morgan fingerprint density at radius 2 is 1.77 bits per heavy atom. The Bertz CT molecular complexity index is 933. The first kappa shape index (κ1) is 24.6. The molecule has 8 heteroatoms. The predicted octanol–water partition coefficient (Wildman–Crippen LogP) is 3.04. The maximum absolute atomic E-state index is 11.6. The molecule has 2 unspecified atom stereocenters. The van der Waals surface area contributed by atoms with Crippen LogP contribution in [0.2, 0.25) is 0 Å². The van der Waals surface area contributed by atoms with Gasteiger partial charge in [-0.15, -0.1) is 24.0 Å². The molecule has 0 bridgehead atoms. The van der Waals surface area contributed by atoms with Crippen LogP contribution in [0, 0.1) is 0 Å². The largest absolute Gasteiger partial charge is 0.352 e. The molecule has 2 aromatic rings. The number of hydrogen-bond donors (Lipinski definition) is 2. The molecule has 0 amide bonds. The molecule has 1 saturated heterocycles. The molecule has 6 nitrogen and oxygen atoms in total. The Morgan fingerprint density at radius 1 is 1.10 bits per heavy atom. The van der Waals surface area contributed by atoms with Crippen molar-refractivity contribution in [1.29, 1.82) is 0 Å². The van der Waals surface area contributed by atoms with Gasteiger partial charge in [0.2, 0.25) is 0 Å². The standard InChI is InChI=1S/C22H30N4O2S.HI/c1-17-13-20(16-26(17)15-19-7-5-4-6-8-19)25-22(23-2)24-14-18-9-11-21(12-10-18)29(3,27)28;/h4-12,17,20H,13-16H2,1-3H3,(H2,23,24,25);1H. The average Bonchev–Trinajstić information content (AvgIpc) is 3.04. The number of aliphatic imine (C=N–C) groups is 1. The summed E-state index contributed by atoms with van der Waals surface area (Å²) in [5.74, 6) is 0.760. The smallest absolute Gasteiger partial charge is 0.191 e. The highest BCUT2D eigenvalue weighted by Crippen LogP contribution is 2.20. The number of nitrogens with zero attached hydrogens (tertiary/aromatic N) is 2. The Hall–Kier alpha value is -1.65. The Morgan fingerprint density at radius 3 is 2.37 bits per heavy atom. The minimum absolute atomic E-state index is 0. The van der Waals surface area contributed by atoms with Crippen LogP contribution in [0.4, 0.5) is 0 Å². The van der Waals surface area contributed by atoms with Crippen molar-refractivity contribution in [3.63, 3.8) is 0 Å². The summed E-state index contributed by atoms with van der Waals surface area (Å²) >= 11 is 0. The molecule has 164 valence electrons. The normalized spacial score (nSPS) is 19.9. The Kier molecular flexibility index (Phi) is 9.11. The van der Waals surface area contributed by atoms with Gasteiger partial charge in [-0.25, -0.2) is 8.42 Å². The van der Waals surface area contributed by atoms with Gasteiger partial charge in [0, 0.05) is 45.0 Å². The van der Waals surface area contributed by atoms with Gasteiger partial charge < -0.3 is 10.6 Å². The predicted molar refractivity (Wildman–Crippen MR) is 133 cm³/mol. The van der Waals surface area contributed by atoms with Crippen molar-refractivity contribution < 1.29 is 8.42 Å². The molecule has 1 aliphatic rings. The van der Waals surface area contributed by atoms with Gasteiger partial charge in [-0.1, -0.05) is 42.5 Å². The summed E-state index contributed by atoms with van der Waals surface area (Å²) in [6, 6.07) is 18.3. The van der Waals surface area contributed by atoms with E-state index in [1.54, 1.807) is 19.2 Å². The van der Waals surface area contributed by atoms with Crippen molar-refractivity contribution in [2.75, 3.05) is 19.8 Å². The van der Waals surface area contributed by atoms with E-state index in [4.69, 9.17) is 0 Å². The molecule has 2 N–H and O–H groups in total. The molecule has 30 heavy (non-hydrogen) atoms. The van der Waals surface area contributed by atoms with E-state index in [2.05, 4.69) is 51.7 Å². The lowest BCUT2D eigenvalue weighted by Gasteiger charge is -2.21. The molecule has 3 rings (SSSR count).